The van der Waals surface area contributed by atoms with Gasteiger partial charge in [-0.25, -0.2) is 0 Å². The van der Waals surface area contributed by atoms with Crippen LogP contribution < -0.4 is 0 Å². The monoisotopic (exact) mass is 198 g/mol. The lowest BCUT2D eigenvalue weighted by Crippen LogP contribution is -1.83. The second-order valence-electron chi connectivity index (χ2n) is 3.65. The highest BCUT2D eigenvalue weighted by Crippen LogP contribution is 2.47. The van der Waals surface area contributed by atoms with Crippen molar-refractivity contribution in [3.05, 3.63) is 59.7 Å². The number of rotatable bonds is 0. The molecule has 3 rings (SSSR count). The number of hydrogen-bond acceptors (Lipinski definition) is 0. The molecule has 68 valence electrons. The third-order valence-corrected chi connectivity index (χ3v) is 3.60. The van der Waals surface area contributed by atoms with E-state index in [9.17, 15) is 0 Å². The molecule has 1 aliphatic rings. The summed E-state index contributed by atoms with van der Waals surface area (Å²) in [5.41, 5.74) is 6.12. The number of hydrogen-bond donors (Lipinski definition) is 0. The van der Waals surface area contributed by atoms with Gasteiger partial charge in [-0.3, -0.25) is 0 Å². The van der Waals surface area contributed by atoms with Gasteiger partial charge in [0.05, 0.1) is 0 Å². The van der Waals surface area contributed by atoms with Crippen molar-refractivity contribution in [2.24, 2.45) is 0 Å². The van der Waals surface area contributed by atoms with Crippen LogP contribution in [0.2, 0.25) is 0 Å². The molecule has 1 aliphatic carbocycles. The van der Waals surface area contributed by atoms with Gasteiger partial charge in [-0.1, -0.05) is 48.5 Å². The van der Waals surface area contributed by atoms with Gasteiger partial charge in [0, 0.05) is 5.66 Å². The smallest absolute Gasteiger partial charge is 0.0246 e. The molecule has 0 aliphatic heterocycles. The molecule has 0 amide bonds. The Balaban J connectivity index is 2.36. The molecular weight excluding hydrogens is 187 g/mol. The van der Waals surface area contributed by atoms with Crippen molar-refractivity contribution in [3.63, 3.8) is 0 Å². The highest BCUT2D eigenvalue weighted by Gasteiger charge is 2.23. The van der Waals surface area contributed by atoms with E-state index in [0.717, 1.165) is 0 Å². The molecule has 0 radical (unpaired) electrons. The van der Waals surface area contributed by atoms with Gasteiger partial charge in [-0.05, 0) is 22.3 Å². The first kappa shape index (κ1) is 8.20. The molecule has 2 aromatic carbocycles. The Morgan fingerprint density at radius 2 is 1.14 bits per heavy atom. The second kappa shape index (κ2) is 2.93. The minimum Gasteiger partial charge on any atom is -0.125 e. The van der Waals surface area contributed by atoms with Crippen LogP contribution in [0.15, 0.2) is 48.5 Å². The molecule has 1 unspecified atom stereocenters. The van der Waals surface area contributed by atoms with Gasteiger partial charge in [0.2, 0.25) is 0 Å². The summed E-state index contributed by atoms with van der Waals surface area (Å²) in [6.45, 7) is 0. The fourth-order valence-electron chi connectivity index (χ4n) is 2.19. The van der Waals surface area contributed by atoms with Gasteiger partial charge >= 0.3 is 0 Å². The van der Waals surface area contributed by atoms with Crippen LogP contribution >= 0.6 is 9.24 Å². The van der Waals surface area contributed by atoms with E-state index in [1.54, 1.807) is 0 Å². The summed E-state index contributed by atoms with van der Waals surface area (Å²) in [4.78, 5) is 0. The minimum absolute atomic E-state index is 0.474. The second-order valence-corrected chi connectivity index (χ2v) is 4.32. The molecule has 1 heteroatoms. The first-order chi connectivity index (χ1) is 6.88. The van der Waals surface area contributed by atoms with Gasteiger partial charge < -0.3 is 0 Å². The van der Waals surface area contributed by atoms with Crippen molar-refractivity contribution >= 4 is 9.24 Å². The highest BCUT2D eigenvalue weighted by atomic mass is 31.0. The average molecular weight is 198 g/mol. The lowest BCUT2D eigenvalue weighted by atomic mass is 10.1. The fraction of sp³-hybridized carbons (Fsp3) is 0.0769. The Kier molecular flexibility index (Phi) is 1.72. The molecule has 0 fully saturated rings. The molecule has 0 spiro atoms. The van der Waals surface area contributed by atoms with E-state index < -0.39 is 0 Å². The highest BCUT2D eigenvalue weighted by molar-refractivity contribution is 7.17. The predicted octanol–water partition coefficient (Wildman–Crippen LogP) is 3.63. The van der Waals surface area contributed by atoms with Gasteiger partial charge in [0.25, 0.3) is 0 Å². The van der Waals surface area contributed by atoms with E-state index in [-0.39, 0.29) is 0 Å². The van der Waals surface area contributed by atoms with Crippen molar-refractivity contribution in [1.82, 2.24) is 0 Å². The van der Waals surface area contributed by atoms with Crippen molar-refractivity contribution in [3.8, 4) is 11.1 Å². The molecule has 2 aromatic rings. The lowest BCUT2D eigenvalue weighted by molar-refractivity contribution is 1.22. The van der Waals surface area contributed by atoms with Crippen LogP contribution in [0.4, 0.5) is 0 Å². The molecule has 1 atom stereocenters. The molecule has 0 bridgehead atoms. The molecular formula is C13H11P. The normalized spacial score (nSPS) is 13.8. The van der Waals surface area contributed by atoms with Crippen LogP contribution in [-0.4, -0.2) is 0 Å². The van der Waals surface area contributed by atoms with Gasteiger partial charge in [0.1, 0.15) is 0 Å². The van der Waals surface area contributed by atoms with E-state index in [1.165, 1.54) is 22.3 Å². The van der Waals surface area contributed by atoms with Crippen LogP contribution in [0.5, 0.6) is 0 Å². The third-order valence-electron chi connectivity index (χ3n) is 2.88. The third kappa shape index (κ3) is 0.980. The summed E-state index contributed by atoms with van der Waals surface area (Å²) in [7, 11) is 2.93. The molecule has 0 saturated carbocycles. The SMILES string of the molecule is PC1c2ccccc2-c2ccccc21. The molecule has 0 aromatic heterocycles. The maximum absolute atomic E-state index is 2.93. The average Bonchev–Trinajstić information content (AvgIpc) is 2.55. The molecule has 14 heavy (non-hydrogen) atoms. The van der Waals surface area contributed by atoms with Crippen LogP contribution in [0.3, 0.4) is 0 Å². The zero-order valence-electron chi connectivity index (χ0n) is 7.77. The van der Waals surface area contributed by atoms with E-state index >= 15 is 0 Å². The van der Waals surface area contributed by atoms with Gasteiger partial charge in [-0.2, -0.15) is 0 Å². The quantitative estimate of drug-likeness (QED) is 0.567. The van der Waals surface area contributed by atoms with E-state index in [4.69, 9.17) is 0 Å². The van der Waals surface area contributed by atoms with Crippen LogP contribution in [0.25, 0.3) is 11.1 Å². The van der Waals surface area contributed by atoms with Crippen LogP contribution in [0, 0.1) is 0 Å². The summed E-state index contributed by atoms with van der Waals surface area (Å²) in [5, 5.41) is 0. The van der Waals surface area contributed by atoms with E-state index in [2.05, 4.69) is 57.8 Å². The standard InChI is InChI=1S/C13H11P/c14-13-11-7-3-1-5-9(11)10-6-2-4-8-12(10)13/h1-8,13H,14H2. The fourth-order valence-corrected chi connectivity index (χ4v) is 2.78. The Hall–Kier alpha value is -1.13. The van der Waals surface area contributed by atoms with Crippen LogP contribution in [0.1, 0.15) is 16.8 Å². The lowest BCUT2D eigenvalue weighted by Gasteiger charge is -2.04. The topological polar surface area (TPSA) is 0 Å². The Morgan fingerprint density at radius 3 is 1.64 bits per heavy atom. The maximum Gasteiger partial charge on any atom is 0.0246 e. The zero-order valence-corrected chi connectivity index (χ0v) is 8.93. The first-order valence-corrected chi connectivity index (χ1v) is 5.48. The molecule has 0 heterocycles. The summed E-state index contributed by atoms with van der Waals surface area (Å²) in [5.74, 6) is 0. The van der Waals surface area contributed by atoms with E-state index in [1.807, 2.05) is 0 Å². The molecule has 0 saturated heterocycles. The van der Waals surface area contributed by atoms with Crippen LogP contribution in [-0.2, 0) is 0 Å². The first-order valence-electron chi connectivity index (χ1n) is 4.82. The Bertz CT molecular complexity index is 443. The largest absolute Gasteiger partial charge is 0.125 e. The zero-order chi connectivity index (χ0) is 9.54. The van der Waals surface area contributed by atoms with Crippen molar-refractivity contribution in [2.45, 2.75) is 5.66 Å². The summed E-state index contributed by atoms with van der Waals surface area (Å²) in [6, 6.07) is 17.3. The molecule has 0 N–H and O–H groups in total. The van der Waals surface area contributed by atoms with E-state index in [0.29, 0.717) is 5.66 Å². The summed E-state index contributed by atoms with van der Waals surface area (Å²) >= 11 is 0. The predicted molar refractivity (Wildman–Crippen MR) is 63.4 cm³/mol. The minimum atomic E-state index is 0.474. The number of fused-ring (bicyclic) bond motifs is 3. The van der Waals surface area contributed by atoms with Crippen molar-refractivity contribution < 1.29 is 0 Å². The Morgan fingerprint density at radius 1 is 0.714 bits per heavy atom. The van der Waals surface area contributed by atoms with Gasteiger partial charge in [0.15, 0.2) is 0 Å². The summed E-state index contributed by atoms with van der Waals surface area (Å²) < 4.78 is 0. The maximum atomic E-state index is 2.93. The van der Waals surface area contributed by atoms with Gasteiger partial charge in [-0.15, -0.1) is 9.24 Å². The molecule has 0 nitrogen and oxygen atoms in total. The van der Waals surface area contributed by atoms with Crippen molar-refractivity contribution in [2.75, 3.05) is 0 Å². The van der Waals surface area contributed by atoms with Crippen molar-refractivity contribution in [1.29, 1.82) is 0 Å². The number of benzene rings is 2. The Labute approximate surface area is 86.2 Å². The summed E-state index contributed by atoms with van der Waals surface area (Å²) in [6.07, 6.45) is 0.